The topological polar surface area (TPSA) is 56.7 Å². The van der Waals surface area contributed by atoms with Gasteiger partial charge < -0.3 is 5.73 Å². The van der Waals surface area contributed by atoms with Gasteiger partial charge in [0.05, 0.1) is 28.6 Å². The number of aromatic nitrogens is 3. The summed E-state index contributed by atoms with van der Waals surface area (Å²) in [6.45, 7) is 0. The first-order valence-electron chi connectivity index (χ1n) is 6.69. The zero-order chi connectivity index (χ0) is 13.1. The highest BCUT2D eigenvalue weighted by atomic mass is 32.2. The number of thioether (sulfide) groups is 1. The van der Waals surface area contributed by atoms with Gasteiger partial charge in [-0.2, -0.15) is 5.10 Å². The summed E-state index contributed by atoms with van der Waals surface area (Å²) in [6.07, 6.45) is 9.03. The largest absolute Gasteiger partial charge is 0.397 e. The van der Waals surface area contributed by atoms with Crippen LogP contribution in [0.15, 0.2) is 35.6 Å². The molecule has 0 saturated heterocycles. The van der Waals surface area contributed by atoms with E-state index in [1.54, 1.807) is 18.0 Å². The zero-order valence-electron chi connectivity index (χ0n) is 10.8. The third-order valence-corrected chi connectivity index (χ3v) is 4.47. The monoisotopic (exact) mass is 274 g/mol. The van der Waals surface area contributed by atoms with Crippen LogP contribution in [-0.2, 0) is 5.75 Å². The Morgan fingerprint density at radius 1 is 1.26 bits per heavy atom. The van der Waals surface area contributed by atoms with Crippen molar-refractivity contribution in [3.8, 4) is 0 Å². The lowest BCUT2D eigenvalue weighted by Gasteiger charge is -2.08. The van der Waals surface area contributed by atoms with Crippen LogP contribution < -0.4 is 5.73 Å². The fourth-order valence-corrected chi connectivity index (χ4v) is 3.19. The van der Waals surface area contributed by atoms with Gasteiger partial charge in [0, 0.05) is 11.9 Å². The predicted octanol–water partition coefficient (Wildman–Crippen LogP) is 3.27. The van der Waals surface area contributed by atoms with Crippen molar-refractivity contribution in [3.63, 3.8) is 0 Å². The Bertz CT molecular complexity index is 529. The molecular formula is C14H18N4S. The number of hydrogen-bond acceptors (Lipinski definition) is 4. The van der Waals surface area contributed by atoms with Crippen LogP contribution in [0.25, 0.3) is 0 Å². The van der Waals surface area contributed by atoms with Gasteiger partial charge in [0.25, 0.3) is 0 Å². The van der Waals surface area contributed by atoms with Crippen LogP contribution in [0.3, 0.4) is 0 Å². The first-order chi connectivity index (χ1) is 9.31. The Labute approximate surface area is 117 Å². The van der Waals surface area contributed by atoms with E-state index in [9.17, 15) is 0 Å². The van der Waals surface area contributed by atoms with Crippen molar-refractivity contribution < 1.29 is 0 Å². The van der Waals surface area contributed by atoms with Gasteiger partial charge in [0.2, 0.25) is 0 Å². The predicted molar refractivity (Wildman–Crippen MR) is 77.9 cm³/mol. The van der Waals surface area contributed by atoms with Crippen LogP contribution in [0, 0.1) is 0 Å². The molecule has 0 unspecified atom stereocenters. The lowest BCUT2D eigenvalue weighted by atomic mass is 10.3. The first-order valence-corrected chi connectivity index (χ1v) is 7.68. The molecule has 0 amide bonds. The van der Waals surface area contributed by atoms with E-state index in [4.69, 9.17) is 5.73 Å². The van der Waals surface area contributed by atoms with E-state index in [0.29, 0.717) is 11.7 Å². The van der Waals surface area contributed by atoms with Gasteiger partial charge in [-0.25, -0.2) is 4.98 Å². The van der Waals surface area contributed by atoms with Gasteiger partial charge in [-0.15, -0.1) is 0 Å². The molecule has 2 heterocycles. The molecule has 0 bridgehead atoms. The normalized spacial score (nSPS) is 16.0. The molecule has 0 spiro atoms. The molecule has 5 heteroatoms. The summed E-state index contributed by atoms with van der Waals surface area (Å²) >= 11 is 1.70. The van der Waals surface area contributed by atoms with Crippen LogP contribution in [0.5, 0.6) is 0 Å². The van der Waals surface area contributed by atoms with E-state index < -0.39 is 0 Å². The minimum Gasteiger partial charge on any atom is -0.397 e. The van der Waals surface area contributed by atoms with E-state index in [0.717, 1.165) is 16.5 Å². The highest BCUT2D eigenvalue weighted by Crippen LogP contribution is 2.29. The van der Waals surface area contributed by atoms with Crippen LogP contribution in [0.2, 0.25) is 0 Å². The maximum absolute atomic E-state index is 5.62. The van der Waals surface area contributed by atoms with Crippen molar-refractivity contribution >= 4 is 17.4 Å². The lowest BCUT2D eigenvalue weighted by Crippen LogP contribution is -2.05. The van der Waals surface area contributed by atoms with Gasteiger partial charge >= 0.3 is 0 Å². The third-order valence-electron chi connectivity index (χ3n) is 3.49. The van der Waals surface area contributed by atoms with Crippen molar-refractivity contribution in [1.29, 1.82) is 0 Å². The van der Waals surface area contributed by atoms with Crippen molar-refractivity contribution in [2.45, 2.75) is 42.5 Å². The molecule has 2 N–H and O–H groups in total. The van der Waals surface area contributed by atoms with E-state index in [1.165, 1.54) is 25.7 Å². The molecule has 1 aliphatic carbocycles. The van der Waals surface area contributed by atoms with Crippen LogP contribution in [-0.4, -0.2) is 14.8 Å². The molecule has 0 aromatic carbocycles. The molecule has 100 valence electrons. The van der Waals surface area contributed by atoms with Crippen molar-refractivity contribution in [1.82, 2.24) is 14.8 Å². The molecular weight excluding hydrogens is 256 g/mol. The minimum atomic E-state index is 0.619. The molecule has 2 aromatic rings. The third kappa shape index (κ3) is 3.10. The molecule has 0 radical (unpaired) electrons. The van der Waals surface area contributed by atoms with E-state index >= 15 is 0 Å². The Hall–Kier alpha value is -1.49. The van der Waals surface area contributed by atoms with Gasteiger partial charge in [0.15, 0.2) is 0 Å². The number of nitrogens with two attached hydrogens (primary N) is 1. The second kappa shape index (κ2) is 5.65. The smallest absolute Gasteiger partial charge is 0.0965 e. The fourth-order valence-electron chi connectivity index (χ4n) is 2.45. The number of nitrogens with zero attached hydrogens (tertiary/aromatic N) is 3. The van der Waals surface area contributed by atoms with Crippen LogP contribution in [0.1, 0.15) is 37.4 Å². The number of rotatable bonds is 4. The number of anilines is 1. The number of hydrogen-bond donors (Lipinski definition) is 1. The summed E-state index contributed by atoms with van der Waals surface area (Å²) in [5.74, 6) is 0.858. The second-order valence-electron chi connectivity index (χ2n) is 4.94. The molecule has 0 atom stereocenters. The molecule has 19 heavy (non-hydrogen) atoms. The summed E-state index contributed by atoms with van der Waals surface area (Å²) in [5.41, 5.74) is 7.44. The summed E-state index contributed by atoms with van der Waals surface area (Å²) in [4.78, 5) is 4.28. The molecule has 1 aliphatic rings. The van der Waals surface area contributed by atoms with Gasteiger partial charge in [-0.1, -0.05) is 24.6 Å². The summed E-state index contributed by atoms with van der Waals surface area (Å²) < 4.78 is 2.14. The Morgan fingerprint density at radius 3 is 2.84 bits per heavy atom. The summed E-state index contributed by atoms with van der Waals surface area (Å²) in [5, 5.41) is 5.66. The van der Waals surface area contributed by atoms with Crippen LogP contribution >= 0.6 is 11.8 Å². The fraction of sp³-hybridized carbons (Fsp3) is 0.429. The lowest BCUT2D eigenvalue weighted by molar-refractivity contribution is 0.464. The minimum absolute atomic E-state index is 0.619. The maximum atomic E-state index is 5.62. The number of nitrogen functional groups attached to an aromatic ring is 1. The molecule has 3 rings (SSSR count). The Morgan fingerprint density at radius 2 is 2.11 bits per heavy atom. The molecule has 4 nitrogen and oxygen atoms in total. The standard InChI is InChI=1S/C14H18N4S/c15-11-5-6-14(16-9-11)19-10-12-7-8-18(17-12)13-3-1-2-4-13/h5-9,13H,1-4,10,15H2. The van der Waals surface area contributed by atoms with Crippen LogP contribution in [0.4, 0.5) is 5.69 Å². The van der Waals surface area contributed by atoms with E-state index in [2.05, 4.69) is 27.0 Å². The quantitative estimate of drug-likeness (QED) is 0.869. The average Bonchev–Trinajstić information content (AvgIpc) is 3.09. The van der Waals surface area contributed by atoms with E-state index in [-0.39, 0.29) is 0 Å². The average molecular weight is 274 g/mol. The molecule has 1 saturated carbocycles. The number of pyridine rings is 1. The second-order valence-corrected chi connectivity index (χ2v) is 5.94. The molecule has 2 aromatic heterocycles. The maximum Gasteiger partial charge on any atom is 0.0965 e. The van der Waals surface area contributed by atoms with Gasteiger partial charge in [0.1, 0.15) is 0 Å². The zero-order valence-corrected chi connectivity index (χ0v) is 11.6. The highest BCUT2D eigenvalue weighted by Gasteiger charge is 2.17. The molecule has 1 fully saturated rings. The highest BCUT2D eigenvalue weighted by molar-refractivity contribution is 7.98. The van der Waals surface area contributed by atoms with E-state index in [1.807, 2.05) is 12.1 Å². The van der Waals surface area contributed by atoms with Crippen molar-refractivity contribution in [3.05, 3.63) is 36.3 Å². The summed E-state index contributed by atoms with van der Waals surface area (Å²) in [7, 11) is 0. The van der Waals surface area contributed by atoms with Crippen molar-refractivity contribution in [2.24, 2.45) is 0 Å². The van der Waals surface area contributed by atoms with Gasteiger partial charge in [-0.05, 0) is 31.0 Å². The first kappa shape index (κ1) is 12.5. The Kier molecular flexibility index (Phi) is 3.73. The molecule has 0 aliphatic heterocycles. The SMILES string of the molecule is Nc1ccc(SCc2ccn(C3CCCC3)n2)nc1. The summed E-state index contributed by atoms with van der Waals surface area (Å²) in [6, 6.07) is 6.57. The van der Waals surface area contributed by atoms with Crippen molar-refractivity contribution in [2.75, 3.05) is 5.73 Å². The van der Waals surface area contributed by atoms with Gasteiger partial charge in [-0.3, -0.25) is 4.68 Å². The Balaban J connectivity index is 1.59.